The lowest BCUT2D eigenvalue weighted by molar-refractivity contribution is -0.138. The van der Waals surface area contributed by atoms with Crippen molar-refractivity contribution < 1.29 is 13.2 Å². The van der Waals surface area contributed by atoms with Gasteiger partial charge >= 0.3 is 6.18 Å². The van der Waals surface area contributed by atoms with Gasteiger partial charge in [-0.2, -0.15) is 18.4 Å². The van der Waals surface area contributed by atoms with Gasteiger partial charge in [0, 0.05) is 5.38 Å². The Balaban J connectivity index is 1.98. The fourth-order valence-corrected chi connectivity index (χ4v) is 3.39. The number of halogens is 3. The molecule has 0 fully saturated rings. The molecule has 0 atom stereocenters. The Kier molecular flexibility index (Phi) is 3.84. The molecule has 18 heavy (non-hydrogen) atoms. The second-order valence-corrected chi connectivity index (χ2v) is 6.04. The van der Waals surface area contributed by atoms with Crippen molar-refractivity contribution in [3.05, 3.63) is 21.1 Å². The van der Waals surface area contributed by atoms with Crippen molar-refractivity contribution in [2.45, 2.75) is 16.3 Å². The number of nitriles is 1. The predicted molar refractivity (Wildman–Crippen MR) is 61.3 cm³/mol. The lowest BCUT2D eigenvalue weighted by Gasteiger charge is -1.97. The highest BCUT2D eigenvalue weighted by Crippen LogP contribution is 2.35. The SMILES string of the molecule is N#Cc1csc(CSc2nnc(C(F)(F)F)s2)n1. The molecule has 0 N–H and O–H groups in total. The molecule has 4 nitrogen and oxygen atoms in total. The maximum Gasteiger partial charge on any atom is 0.445 e. The molecule has 0 bridgehead atoms. The average Bonchev–Trinajstić information content (AvgIpc) is 2.94. The zero-order chi connectivity index (χ0) is 13.2. The molecule has 2 rings (SSSR count). The summed E-state index contributed by atoms with van der Waals surface area (Å²) in [4.78, 5) is 3.97. The lowest BCUT2D eigenvalue weighted by Crippen LogP contribution is -2.03. The first-order chi connectivity index (χ1) is 8.49. The van der Waals surface area contributed by atoms with Gasteiger partial charge < -0.3 is 0 Å². The third-order valence-corrected chi connectivity index (χ3v) is 4.78. The number of thioether (sulfide) groups is 1. The largest absolute Gasteiger partial charge is 0.445 e. The molecule has 0 aliphatic carbocycles. The van der Waals surface area contributed by atoms with Crippen LogP contribution < -0.4 is 0 Å². The van der Waals surface area contributed by atoms with Crippen LogP contribution >= 0.6 is 34.4 Å². The molecule has 0 aliphatic heterocycles. The Morgan fingerprint density at radius 3 is 2.72 bits per heavy atom. The van der Waals surface area contributed by atoms with E-state index in [9.17, 15) is 13.2 Å². The number of thiazole rings is 1. The van der Waals surface area contributed by atoms with Crippen LogP contribution in [0.1, 0.15) is 15.7 Å². The first-order valence-electron chi connectivity index (χ1n) is 4.37. The van der Waals surface area contributed by atoms with E-state index in [-0.39, 0.29) is 4.34 Å². The standard InChI is InChI=1S/C8H3F3N4S3/c9-8(10,11)6-14-15-7(18-6)17-3-5-13-4(1-12)2-16-5/h2H,3H2. The number of alkyl halides is 3. The van der Waals surface area contributed by atoms with Crippen molar-refractivity contribution in [3.63, 3.8) is 0 Å². The van der Waals surface area contributed by atoms with E-state index in [0.717, 1.165) is 11.8 Å². The number of rotatable bonds is 3. The Hall–Kier alpha value is -1.18. The molecule has 0 unspecified atom stereocenters. The quantitative estimate of drug-likeness (QED) is 0.815. The van der Waals surface area contributed by atoms with Crippen molar-refractivity contribution in [3.8, 4) is 6.07 Å². The monoisotopic (exact) mass is 308 g/mol. The summed E-state index contributed by atoms with van der Waals surface area (Å²) < 4.78 is 37.0. The zero-order valence-electron chi connectivity index (χ0n) is 8.43. The average molecular weight is 308 g/mol. The summed E-state index contributed by atoms with van der Waals surface area (Å²) in [5.41, 5.74) is 0.309. The van der Waals surface area contributed by atoms with Crippen molar-refractivity contribution in [1.29, 1.82) is 5.26 Å². The van der Waals surface area contributed by atoms with Crippen molar-refractivity contribution in [2.75, 3.05) is 0 Å². The minimum atomic E-state index is -4.45. The van der Waals surface area contributed by atoms with E-state index in [1.807, 2.05) is 6.07 Å². The van der Waals surface area contributed by atoms with Crippen molar-refractivity contribution in [2.24, 2.45) is 0 Å². The summed E-state index contributed by atoms with van der Waals surface area (Å²) in [5, 5.41) is 16.4. The molecule has 2 aromatic heterocycles. The summed E-state index contributed by atoms with van der Waals surface area (Å²) in [7, 11) is 0. The molecular formula is C8H3F3N4S3. The van der Waals surface area contributed by atoms with Crippen LogP contribution in [0.5, 0.6) is 0 Å². The van der Waals surface area contributed by atoms with Crippen LogP contribution in [0.15, 0.2) is 9.72 Å². The van der Waals surface area contributed by atoms with Crippen LogP contribution in [-0.4, -0.2) is 15.2 Å². The summed E-state index contributed by atoms with van der Waals surface area (Å²) in [6, 6.07) is 1.89. The molecule has 2 heterocycles. The molecular weight excluding hydrogens is 305 g/mol. The van der Waals surface area contributed by atoms with Gasteiger partial charge in [-0.15, -0.1) is 21.5 Å². The van der Waals surface area contributed by atoms with Crippen LogP contribution in [0.25, 0.3) is 0 Å². The van der Waals surface area contributed by atoms with E-state index < -0.39 is 11.2 Å². The van der Waals surface area contributed by atoms with Gasteiger partial charge in [-0.1, -0.05) is 23.1 Å². The van der Waals surface area contributed by atoms with E-state index >= 15 is 0 Å². The van der Waals surface area contributed by atoms with Crippen molar-refractivity contribution in [1.82, 2.24) is 15.2 Å². The summed E-state index contributed by atoms with van der Waals surface area (Å²) in [5.74, 6) is 0.374. The second-order valence-electron chi connectivity index (χ2n) is 2.90. The molecule has 10 heteroatoms. The van der Waals surface area contributed by atoms with Crippen molar-refractivity contribution >= 4 is 34.4 Å². The molecule has 94 valence electrons. The first kappa shape index (κ1) is 13.3. The summed E-state index contributed by atoms with van der Waals surface area (Å²) in [6.45, 7) is 0. The number of aromatic nitrogens is 3. The number of hydrogen-bond acceptors (Lipinski definition) is 7. The van der Waals surface area contributed by atoms with Gasteiger partial charge in [0.1, 0.15) is 11.1 Å². The predicted octanol–water partition coefficient (Wildman–Crippen LogP) is 3.18. The van der Waals surface area contributed by atoms with E-state index in [2.05, 4.69) is 15.2 Å². The van der Waals surface area contributed by atoms with Gasteiger partial charge in [0.15, 0.2) is 10.0 Å². The first-order valence-corrected chi connectivity index (χ1v) is 7.05. The lowest BCUT2D eigenvalue weighted by atomic mass is 10.6. The van der Waals surface area contributed by atoms with Crippen LogP contribution in [0, 0.1) is 11.3 Å². The summed E-state index contributed by atoms with van der Waals surface area (Å²) >= 11 is 2.90. The smallest absolute Gasteiger partial charge is 0.230 e. The molecule has 0 saturated carbocycles. The van der Waals surface area contributed by atoms with E-state index in [0.29, 0.717) is 27.8 Å². The van der Waals surface area contributed by atoms with E-state index in [4.69, 9.17) is 5.26 Å². The Morgan fingerprint density at radius 1 is 1.39 bits per heavy atom. The van der Waals surface area contributed by atoms with Crippen LogP contribution in [0.4, 0.5) is 13.2 Å². The maximum atomic E-state index is 12.3. The molecule has 2 aromatic rings. The van der Waals surface area contributed by atoms with Crippen LogP contribution in [-0.2, 0) is 11.9 Å². The minimum Gasteiger partial charge on any atom is -0.230 e. The fourth-order valence-electron chi connectivity index (χ4n) is 0.935. The Labute approximate surface area is 112 Å². The van der Waals surface area contributed by atoms with Gasteiger partial charge in [0.05, 0.1) is 5.75 Å². The Bertz CT molecular complexity index is 583. The number of hydrogen-bond donors (Lipinski definition) is 0. The highest BCUT2D eigenvalue weighted by atomic mass is 32.2. The van der Waals surface area contributed by atoms with E-state index in [1.54, 1.807) is 5.38 Å². The van der Waals surface area contributed by atoms with E-state index in [1.165, 1.54) is 11.3 Å². The van der Waals surface area contributed by atoms with Crippen LogP contribution in [0.3, 0.4) is 0 Å². The molecule has 0 radical (unpaired) electrons. The van der Waals surface area contributed by atoms with Gasteiger partial charge in [-0.05, 0) is 0 Å². The molecule has 0 aromatic carbocycles. The second kappa shape index (κ2) is 5.21. The van der Waals surface area contributed by atoms with Gasteiger partial charge in [0.25, 0.3) is 0 Å². The van der Waals surface area contributed by atoms with Crippen LogP contribution in [0.2, 0.25) is 0 Å². The van der Waals surface area contributed by atoms with Gasteiger partial charge in [-0.3, -0.25) is 0 Å². The van der Waals surface area contributed by atoms with Gasteiger partial charge in [-0.25, -0.2) is 4.98 Å². The third kappa shape index (κ3) is 3.18. The highest BCUT2D eigenvalue weighted by molar-refractivity contribution is 8.00. The Morgan fingerprint density at radius 2 is 2.17 bits per heavy atom. The molecule has 0 saturated heterocycles. The molecule has 0 spiro atoms. The molecule has 0 aliphatic rings. The third-order valence-electron chi connectivity index (χ3n) is 1.63. The molecule has 0 amide bonds. The number of nitrogens with zero attached hydrogens (tertiary/aromatic N) is 4. The topological polar surface area (TPSA) is 62.5 Å². The normalized spacial score (nSPS) is 11.4. The summed E-state index contributed by atoms with van der Waals surface area (Å²) in [6.07, 6.45) is -4.45. The van der Waals surface area contributed by atoms with Gasteiger partial charge in [0.2, 0.25) is 5.01 Å². The fraction of sp³-hybridized carbons (Fsp3) is 0.250. The highest BCUT2D eigenvalue weighted by Gasteiger charge is 2.35. The minimum absolute atomic E-state index is 0.232. The zero-order valence-corrected chi connectivity index (χ0v) is 10.9. The maximum absolute atomic E-state index is 12.3.